The maximum absolute atomic E-state index is 12.2. The zero-order chi connectivity index (χ0) is 19.2. The van der Waals surface area contributed by atoms with Crippen LogP contribution in [0.3, 0.4) is 0 Å². The third kappa shape index (κ3) is 5.15. The van der Waals surface area contributed by atoms with Crippen LogP contribution >= 0.6 is 11.6 Å². The average molecular weight is 384 g/mol. The monoisotopic (exact) mass is 383 g/mol. The van der Waals surface area contributed by atoms with Crippen LogP contribution in [0.4, 0.5) is 5.69 Å². The van der Waals surface area contributed by atoms with Gasteiger partial charge < -0.3 is 10.6 Å². The van der Waals surface area contributed by atoms with Gasteiger partial charge in [-0.15, -0.1) is 0 Å². The summed E-state index contributed by atoms with van der Waals surface area (Å²) in [5.41, 5.74) is 2.97. The van der Waals surface area contributed by atoms with Crippen molar-refractivity contribution in [3.05, 3.63) is 76.8 Å². The smallest absolute Gasteiger partial charge is 0.251 e. The minimum absolute atomic E-state index is 0.149. The van der Waals surface area contributed by atoms with Gasteiger partial charge in [0.05, 0.1) is 23.8 Å². The molecule has 0 spiro atoms. The van der Waals surface area contributed by atoms with Gasteiger partial charge in [0.25, 0.3) is 5.91 Å². The molecule has 0 unspecified atom stereocenters. The van der Waals surface area contributed by atoms with Crippen molar-refractivity contribution in [3.63, 3.8) is 0 Å². The van der Waals surface area contributed by atoms with Crippen molar-refractivity contribution in [1.82, 2.24) is 20.1 Å². The van der Waals surface area contributed by atoms with E-state index in [2.05, 4.69) is 20.7 Å². The van der Waals surface area contributed by atoms with Gasteiger partial charge in [-0.1, -0.05) is 29.8 Å². The molecule has 2 N–H and O–H groups in total. The van der Waals surface area contributed by atoms with Crippen LogP contribution in [-0.4, -0.2) is 33.1 Å². The Morgan fingerprint density at radius 3 is 2.59 bits per heavy atom. The molecule has 0 atom stereocenters. The van der Waals surface area contributed by atoms with Crippen LogP contribution < -0.4 is 10.6 Å². The van der Waals surface area contributed by atoms with Crippen LogP contribution in [0.2, 0.25) is 5.02 Å². The van der Waals surface area contributed by atoms with Gasteiger partial charge in [0, 0.05) is 5.56 Å². The number of amides is 2. The molecule has 2 aromatic carbocycles. The van der Waals surface area contributed by atoms with E-state index >= 15 is 0 Å². The third-order valence-corrected chi connectivity index (χ3v) is 4.15. The fourth-order valence-corrected chi connectivity index (χ4v) is 2.72. The zero-order valence-electron chi connectivity index (χ0n) is 14.6. The van der Waals surface area contributed by atoms with Gasteiger partial charge in [0.1, 0.15) is 12.7 Å². The Hall–Kier alpha value is -3.19. The fraction of sp³-hybridized carbons (Fsp3) is 0.158. The number of benzene rings is 2. The second-order valence-electron chi connectivity index (χ2n) is 6.00. The van der Waals surface area contributed by atoms with Crippen LogP contribution in [0, 0.1) is 6.92 Å². The van der Waals surface area contributed by atoms with Crippen LogP contribution in [-0.2, 0) is 11.3 Å². The number of carbonyl (C=O) groups is 2. The van der Waals surface area contributed by atoms with Crippen molar-refractivity contribution in [2.45, 2.75) is 13.5 Å². The van der Waals surface area contributed by atoms with E-state index in [9.17, 15) is 9.59 Å². The molecule has 0 radical (unpaired) electrons. The lowest BCUT2D eigenvalue weighted by Gasteiger charge is -2.09. The minimum atomic E-state index is -0.350. The Morgan fingerprint density at radius 2 is 1.93 bits per heavy atom. The van der Waals surface area contributed by atoms with Gasteiger partial charge in [0.15, 0.2) is 0 Å². The summed E-state index contributed by atoms with van der Waals surface area (Å²) in [4.78, 5) is 28.1. The highest BCUT2D eigenvalue weighted by Gasteiger charge is 2.10. The Balaban J connectivity index is 1.51. The van der Waals surface area contributed by atoms with E-state index in [-0.39, 0.29) is 18.4 Å². The summed E-state index contributed by atoms with van der Waals surface area (Å²) in [6.45, 7) is 2.33. The molecular weight excluding hydrogens is 366 g/mol. The van der Waals surface area contributed by atoms with Gasteiger partial charge >= 0.3 is 0 Å². The molecule has 1 aromatic heterocycles. The second kappa shape index (κ2) is 8.46. The summed E-state index contributed by atoms with van der Waals surface area (Å²) < 4.78 is 1.69. The van der Waals surface area contributed by atoms with Crippen LogP contribution in [0.25, 0.3) is 0 Å². The second-order valence-corrected chi connectivity index (χ2v) is 6.41. The summed E-state index contributed by atoms with van der Waals surface area (Å²) in [7, 11) is 0. The molecule has 0 fully saturated rings. The van der Waals surface area contributed by atoms with Gasteiger partial charge in [-0.3, -0.25) is 9.59 Å². The van der Waals surface area contributed by atoms with Gasteiger partial charge in [-0.2, -0.15) is 5.10 Å². The number of halogens is 1. The molecule has 3 rings (SSSR count). The van der Waals surface area contributed by atoms with Gasteiger partial charge in [-0.05, 0) is 42.3 Å². The first-order valence-corrected chi connectivity index (χ1v) is 8.64. The lowest BCUT2D eigenvalue weighted by atomic mass is 10.1. The number of aromatic nitrogens is 3. The minimum Gasteiger partial charge on any atom is -0.343 e. The van der Waals surface area contributed by atoms with E-state index < -0.39 is 0 Å². The van der Waals surface area contributed by atoms with E-state index in [4.69, 9.17) is 11.6 Å². The molecular formula is C19H18ClN5O2. The highest BCUT2D eigenvalue weighted by Crippen LogP contribution is 2.22. The SMILES string of the molecule is Cc1ccc(NC(=O)CNC(=O)c2ccc(Cn3cncn3)cc2)c(Cl)c1. The predicted molar refractivity (Wildman–Crippen MR) is 103 cm³/mol. The van der Waals surface area contributed by atoms with Crippen LogP contribution in [0.1, 0.15) is 21.5 Å². The van der Waals surface area contributed by atoms with Crippen LogP contribution in [0.5, 0.6) is 0 Å². The Bertz CT molecular complexity index is 939. The molecule has 2 amide bonds. The first-order valence-electron chi connectivity index (χ1n) is 8.27. The summed E-state index contributed by atoms with van der Waals surface area (Å²) in [6, 6.07) is 12.4. The number of anilines is 1. The average Bonchev–Trinajstić information content (AvgIpc) is 3.16. The Kier molecular flexibility index (Phi) is 5.83. The highest BCUT2D eigenvalue weighted by atomic mass is 35.5. The van der Waals surface area contributed by atoms with E-state index in [1.165, 1.54) is 6.33 Å². The maximum Gasteiger partial charge on any atom is 0.251 e. The zero-order valence-corrected chi connectivity index (χ0v) is 15.4. The molecule has 0 bridgehead atoms. The molecule has 1 heterocycles. The molecule has 138 valence electrons. The molecule has 27 heavy (non-hydrogen) atoms. The van der Waals surface area contributed by atoms with E-state index in [1.54, 1.807) is 35.3 Å². The molecule has 0 aliphatic carbocycles. The van der Waals surface area contributed by atoms with E-state index in [0.717, 1.165) is 11.1 Å². The van der Waals surface area contributed by atoms with E-state index in [1.807, 2.05) is 25.1 Å². The van der Waals surface area contributed by atoms with Gasteiger partial charge in [-0.25, -0.2) is 9.67 Å². The molecule has 0 saturated heterocycles. The molecule has 0 aliphatic heterocycles. The predicted octanol–water partition coefficient (Wildman–Crippen LogP) is 2.66. The molecule has 7 nitrogen and oxygen atoms in total. The molecule has 0 saturated carbocycles. The first-order chi connectivity index (χ1) is 13.0. The molecule has 0 aliphatic rings. The maximum atomic E-state index is 12.2. The van der Waals surface area contributed by atoms with Crippen molar-refractivity contribution in [2.75, 3.05) is 11.9 Å². The summed E-state index contributed by atoms with van der Waals surface area (Å²) in [5, 5.41) is 9.76. The van der Waals surface area contributed by atoms with Crippen molar-refractivity contribution in [3.8, 4) is 0 Å². The number of hydrogen-bond donors (Lipinski definition) is 2. The quantitative estimate of drug-likeness (QED) is 0.684. The lowest BCUT2D eigenvalue weighted by Crippen LogP contribution is -2.32. The van der Waals surface area contributed by atoms with Crippen molar-refractivity contribution < 1.29 is 9.59 Å². The number of aryl methyl sites for hydroxylation is 1. The van der Waals surface area contributed by atoms with Crippen molar-refractivity contribution in [2.24, 2.45) is 0 Å². The fourth-order valence-electron chi connectivity index (χ4n) is 2.44. The number of carbonyl (C=O) groups excluding carboxylic acids is 2. The van der Waals surface area contributed by atoms with Gasteiger partial charge in [0.2, 0.25) is 5.91 Å². The first kappa shape index (κ1) is 18.6. The number of nitrogens with one attached hydrogen (secondary N) is 2. The van der Waals surface area contributed by atoms with Crippen LogP contribution in [0.15, 0.2) is 55.1 Å². The summed E-state index contributed by atoms with van der Waals surface area (Å²) >= 11 is 6.09. The summed E-state index contributed by atoms with van der Waals surface area (Å²) in [6.07, 6.45) is 3.09. The Labute approximate surface area is 161 Å². The Morgan fingerprint density at radius 1 is 1.15 bits per heavy atom. The molecule has 8 heteroatoms. The highest BCUT2D eigenvalue weighted by molar-refractivity contribution is 6.33. The third-order valence-electron chi connectivity index (χ3n) is 3.84. The number of hydrogen-bond acceptors (Lipinski definition) is 4. The molecule has 3 aromatic rings. The summed E-state index contributed by atoms with van der Waals surface area (Å²) in [5.74, 6) is -0.677. The standard InChI is InChI=1S/C19H18ClN5O2/c1-13-2-7-17(16(20)8-13)24-18(26)9-22-19(27)15-5-3-14(4-6-15)10-25-12-21-11-23-25/h2-8,11-12H,9-10H2,1H3,(H,22,27)(H,24,26). The normalized spacial score (nSPS) is 10.4. The number of rotatable bonds is 6. The van der Waals surface area contributed by atoms with Crippen molar-refractivity contribution >= 4 is 29.1 Å². The topological polar surface area (TPSA) is 88.9 Å². The lowest BCUT2D eigenvalue weighted by molar-refractivity contribution is -0.115. The largest absolute Gasteiger partial charge is 0.343 e. The van der Waals surface area contributed by atoms with E-state index in [0.29, 0.717) is 22.8 Å². The number of nitrogens with zero attached hydrogens (tertiary/aromatic N) is 3. The van der Waals surface area contributed by atoms with Crippen molar-refractivity contribution in [1.29, 1.82) is 0 Å².